The van der Waals surface area contributed by atoms with Crippen molar-refractivity contribution in [1.29, 1.82) is 0 Å². The van der Waals surface area contributed by atoms with Crippen molar-refractivity contribution in [1.82, 2.24) is 0 Å². The summed E-state index contributed by atoms with van der Waals surface area (Å²) in [5.41, 5.74) is -1.62. The van der Waals surface area contributed by atoms with Gasteiger partial charge in [0.2, 0.25) is 0 Å². The third-order valence-electron chi connectivity index (χ3n) is 1.42. The molecule has 0 N–H and O–H groups in total. The van der Waals surface area contributed by atoms with Crippen molar-refractivity contribution >= 4 is 6.04 Å². The van der Waals surface area contributed by atoms with Crippen LogP contribution in [0.2, 0.25) is 0 Å². The number of hydrogen-bond acceptors (Lipinski definition) is 1. The number of carbonyl (C=O) groups excluding carboxylic acids is 1. The highest BCUT2D eigenvalue weighted by atomic mass is 19.4. The van der Waals surface area contributed by atoms with Crippen LogP contribution in [0, 0.1) is 0 Å². The molecule has 0 saturated heterocycles. The van der Waals surface area contributed by atoms with Gasteiger partial charge in [0.1, 0.15) is 0 Å². The van der Waals surface area contributed by atoms with Crippen molar-refractivity contribution in [3.05, 3.63) is 35.4 Å². The zero-order valence-corrected chi connectivity index (χ0v) is 6.23. The number of rotatable bonds is 1. The molecule has 0 aromatic heterocycles. The Morgan fingerprint density at radius 2 is 1.85 bits per heavy atom. The summed E-state index contributed by atoms with van der Waals surface area (Å²) >= 11 is 0. The lowest BCUT2D eigenvalue weighted by atomic mass is 10.1. The molecule has 0 atom stereocenters. The van der Waals surface area contributed by atoms with Gasteiger partial charge in [0, 0.05) is 0 Å². The van der Waals surface area contributed by atoms with Crippen LogP contribution in [-0.2, 0) is 6.18 Å². The van der Waals surface area contributed by atoms with Gasteiger partial charge < -0.3 is 0 Å². The summed E-state index contributed by atoms with van der Waals surface area (Å²) in [6, 6.07) is 1.34. The maximum absolute atomic E-state index is 12.0. The highest BCUT2D eigenvalue weighted by molar-refractivity contribution is 5.88. The van der Waals surface area contributed by atoms with Gasteiger partial charge in [-0.15, -0.1) is 0 Å². The minimum atomic E-state index is -4.55. The van der Waals surface area contributed by atoms with Gasteiger partial charge in [0.05, 0.1) is 11.1 Å². The molecule has 0 fully saturated rings. The summed E-state index contributed by atoms with van der Waals surface area (Å²) in [6.45, 7) is 0. The molecule has 1 rings (SSSR count). The molecule has 1 aromatic rings. The molecule has 0 aliphatic rings. The van der Waals surface area contributed by atoms with Gasteiger partial charge in [-0.1, -0.05) is 6.07 Å². The largest absolute Gasteiger partial charge is 0.416 e. The predicted octanol–water partition coefficient (Wildman–Crippen LogP) is 2.82. The average Bonchev–Trinajstić information content (AvgIpc) is 2.03. The van der Waals surface area contributed by atoms with Gasteiger partial charge in [-0.05, 0) is 18.2 Å². The van der Waals surface area contributed by atoms with Crippen molar-refractivity contribution in [3.8, 4) is 0 Å². The summed E-state index contributed by atoms with van der Waals surface area (Å²) in [5, 5.41) is 0. The Kier molecular flexibility index (Phi) is 2.36. The molecule has 1 nitrogen and oxygen atoms in total. The quantitative estimate of drug-likeness (QED) is 0.494. The van der Waals surface area contributed by atoms with Crippen LogP contribution in [0.4, 0.5) is 17.6 Å². The number of carbonyl (C=O) groups is 1. The fourth-order valence-electron chi connectivity index (χ4n) is 0.818. The molecular formula is C8H4F4O. The van der Waals surface area contributed by atoms with E-state index in [2.05, 4.69) is 0 Å². The number of alkyl halides is 3. The minimum absolute atomic E-state index is 0.475. The van der Waals surface area contributed by atoms with Crippen molar-refractivity contribution in [2.45, 2.75) is 6.18 Å². The Hall–Kier alpha value is -1.39. The molecule has 0 bridgehead atoms. The first-order valence-corrected chi connectivity index (χ1v) is 3.28. The van der Waals surface area contributed by atoms with Gasteiger partial charge in [0.15, 0.2) is 0 Å². The van der Waals surface area contributed by atoms with E-state index in [0.717, 1.165) is 18.2 Å². The molecule has 1 aromatic carbocycles. The van der Waals surface area contributed by atoms with Crippen molar-refractivity contribution in [3.63, 3.8) is 0 Å². The molecule has 70 valence electrons. The highest BCUT2D eigenvalue weighted by Gasteiger charge is 2.30. The SMILES string of the molecule is O=C(F)c1cccc(C(F)(F)F)c1. The minimum Gasteiger partial charge on any atom is -0.255 e. The second-order valence-corrected chi connectivity index (χ2v) is 2.35. The standard InChI is InChI=1S/C8H4F4O/c9-7(13)5-2-1-3-6(4-5)8(10,11)12/h1-4H. The highest BCUT2D eigenvalue weighted by Crippen LogP contribution is 2.29. The Balaban J connectivity index is 3.13. The smallest absolute Gasteiger partial charge is 0.255 e. The predicted molar refractivity (Wildman–Crippen MR) is 36.9 cm³/mol. The van der Waals surface area contributed by atoms with Crippen LogP contribution < -0.4 is 0 Å². The van der Waals surface area contributed by atoms with Crippen LogP contribution in [0.25, 0.3) is 0 Å². The Morgan fingerprint density at radius 1 is 1.23 bits per heavy atom. The van der Waals surface area contributed by atoms with Gasteiger partial charge in [-0.2, -0.15) is 17.6 Å². The summed E-state index contributed by atoms with van der Waals surface area (Å²) in [5.74, 6) is 0. The first-order chi connectivity index (χ1) is 5.91. The number of benzene rings is 1. The molecule has 0 saturated carbocycles. The summed E-state index contributed by atoms with van der Waals surface area (Å²) in [7, 11) is 0. The Bertz CT molecular complexity index is 329. The summed E-state index contributed by atoms with van der Waals surface area (Å²) in [6.07, 6.45) is -4.55. The molecule has 5 heteroatoms. The van der Waals surface area contributed by atoms with Crippen LogP contribution in [0.15, 0.2) is 24.3 Å². The molecule has 0 heterocycles. The average molecular weight is 192 g/mol. The topological polar surface area (TPSA) is 17.1 Å². The fraction of sp³-hybridized carbons (Fsp3) is 0.125. The zero-order valence-electron chi connectivity index (χ0n) is 6.23. The second-order valence-electron chi connectivity index (χ2n) is 2.35. The molecule has 0 aliphatic heterocycles. The van der Waals surface area contributed by atoms with Crippen LogP contribution in [0.3, 0.4) is 0 Å². The summed E-state index contributed by atoms with van der Waals surface area (Å²) in [4.78, 5) is 10.1. The molecular weight excluding hydrogens is 188 g/mol. The van der Waals surface area contributed by atoms with Crippen molar-refractivity contribution < 1.29 is 22.4 Å². The van der Waals surface area contributed by atoms with E-state index in [9.17, 15) is 22.4 Å². The van der Waals surface area contributed by atoms with Gasteiger partial charge >= 0.3 is 12.2 Å². The lowest BCUT2D eigenvalue weighted by Crippen LogP contribution is -2.05. The third kappa shape index (κ3) is 2.27. The van der Waals surface area contributed by atoms with E-state index < -0.39 is 23.3 Å². The molecule has 0 amide bonds. The monoisotopic (exact) mass is 192 g/mol. The maximum Gasteiger partial charge on any atom is 0.416 e. The number of hydrogen-bond donors (Lipinski definition) is 0. The van der Waals surface area contributed by atoms with E-state index in [-0.39, 0.29) is 0 Å². The molecule has 0 spiro atoms. The van der Waals surface area contributed by atoms with E-state index in [1.807, 2.05) is 0 Å². The maximum atomic E-state index is 12.0. The van der Waals surface area contributed by atoms with E-state index in [1.54, 1.807) is 0 Å². The van der Waals surface area contributed by atoms with Gasteiger partial charge in [0.25, 0.3) is 0 Å². The molecule has 0 unspecified atom stereocenters. The second kappa shape index (κ2) is 3.16. The summed E-state index contributed by atoms with van der Waals surface area (Å²) < 4.78 is 48.0. The van der Waals surface area contributed by atoms with E-state index >= 15 is 0 Å². The van der Waals surface area contributed by atoms with E-state index in [0.29, 0.717) is 6.07 Å². The Morgan fingerprint density at radius 3 is 2.31 bits per heavy atom. The van der Waals surface area contributed by atoms with Crippen molar-refractivity contribution in [2.24, 2.45) is 0 Å². The van der Waals surface area contributed by atoms with Crippen LogP contribution in [0.5, 0.6) is 0 Å². The normalized spacial score (nSPS) is 11.4. The van der Waals surface area contributed by atoms with E-state index in [1.165, 1.54) is 0 Å². The lowest BCUT2D eigenvalue weighted by Gasteiger charge is -2.05. The van der Waals surface area contributed by atoms with Crippen LogP contribution in [0.1, 0.15) is 15.9 Å². The fourth-order valence-corrected chi connectivity index (χ4v) is 0.818. The molecule has 0 radical (unpaired) electrons. The lowest BCUT2D eigenvalue weighted by molar-refractivity contribution is -0.137. The zero-order chi connectivity index (χ0) is 10.1. The number of halogens is 4. The van der Waals surface area contributed by atoms with Gasteiger partial charge in [-0.25, -0.2) is 0 Å². The first-order valence-electron chi connectivity index (χ1n) is 3.28. The third-order valence-corrected chi connectivity index (χ3v) is 1.42. The van der Waals surface area contributed by atoms with E-state index in [4.69, 9.17) is 0 Å². The van der Waals surface area contributed by atoms with Crippen molar-refractivity contribution in [2.75, 3.05) is 0 Å². The van der Waals surface area contributed by atoms with Crippen LogP contribution in [-0.4, -0.2) is 6.04 Å². The van der Waals surface area contributed by atoms with Gasteiger partial charge in [-0.3, -0.25) is 4.79 Å². The Labute approximate surface area is 71.0 Å². The molecule has 13 heavy (non-hydrogen) atoms. The van der Waals surface area contributed by atoms with Crippen LogP contribution >= 0.6 is 0 Å². The first kappa shape index (κ1) is 9.70. The molecule has 0 aliphatic carbocycles.